The van der Waals surface area contributed by atoms with Gasteiger partial charge in [-0.1, -0.05) is 23.2 Å². The van der Waals surface area contributed by atoms with Crippen LogP contribution in [-0.4, -0.2) is 17.3 Å². The highest BCUT2D eigenvalue weighted by atomic mass is 35.5. The molecule has 3 nitrogen and oxygen atoms in total. The third-order valence-corrected chi connectivity index (χ3v) is 2.84. The van der Waals surface area contributed by atoms with E-state index < -0.39 is 6.09 Å². The lowest BCUT2D eigenvalue weighted by atomic mass is 10.2. The van der Waals surface area contributed by atoms with E-state index in [2.05, 4.69) is 0 Å². The Morgan fingerprint density at radius 2 is 2.00 bits per heavy atom. The van der Waals surface area contributed by atoms with Crippen LogP contribution in [0.25, 0.3) is 10.9 Å². The fraction of sp³-hybridized carbons (Fsp3) is 0.182. The van der Waals surface area contributed by atoms with Crippen molar-refractivity contribution < 1.29 is 9.53 Å². The van der Waals surface area contributed by atoms with Gasteiger partial charge in [0.1, 0.15) is 0 Å². The van der Waals surface area contributed by atoms with Crippen molar-refractivity contribution >= 4 is 40.2 Å². The van der Waals surface area contributed by atoms with Gasteiger partial charge in [-0.05, 0) is 25.1 Å². The summed E-state index contributed by atoms with van der Waals surface area (Å²) >= 11 is 12.0. The van der Waals surface area contributed by atoms with E-state index in [0.29, 0.717) is 22.2 Å². The topological polar surface area (TPSA) is 31.2 Å². The third kappa shape index (κ3) is 1.77. The van der Waals surface area contributed by atoms with Gasteiger partial charge in [-0.3, -0.25) is 4.57 Å². The number of benzene rings is 1. The minimum atomic E-state index is -0.457. The Kier molecular flexibility index (Phi) is 3.08. The van der Waals surface area contributed by atoms with E-state index in [1.807, 2.05) is 0 Å². The van der Waals surface area contributed by atoms with E-state index in [-0.39, 0.29) is 0 Å². The normalized spacial score (nSPS) is 10.7. The Labute approximate surface area is 103 Å². The van der Waals surface area contributed by atoms with E-state index in [9.17, 15) is 4.79 Å². The Hall–Kier alpha value is -1.19. The highest BCUT2D eigenvalue weighted by Crippen LogP contribution is 2.30. The molecule has 2 aromatic rings. The molecule has 2 rings (SSSR count). The molecule has 0 saturated heterocycles. The second-order valence-corrected chi connectivity index (χ2v) is 3.99. The van der Waals surface area contributed by atoms with E-state index in [1.165, 1.54) is 4.57 Å². The molecule has 1 heterocycles. The van der Waals surface area contributed by atoms with E-state index in [0.717, 1.165) is 5.39 Å². The summed E-state index contributed by atoms with van der Waals surface area (Å²) in [5.41, 5.74) is 0.576. The Morgan fingerprint density at radius 3 is 2.69 bits per heavy atom. The Balaban J connectivity index is 2.64. The summed E-state index contributed by atoms with van der Waals surface area (Å²) in [5, 5.41) is 1.77. The zero-order valence-electron chi connectivity index (χ0n) is 8.54. The van der Waals surface area contributed by atoms with Gasteiger partial charge in [-0.25, -0.2) is 4.79 Å². The van der Waals surface area contributed by atoms with Crippen molar-refractivity contribution in [3.05, 3.63) is 34.4 Å². The zero-order chi connectivity index (χ0) is 11.7. The molecule has 0 aliphatic carbocycles. The van der Waals surface area contributed by atoms with E-state index in [1.54, 1.807) is 31.3 Å². The highest BCUT2D eigenvalue weighted by molar-refractivity contribution is 6.40. The summed E-state index contributed by atoms with van der Waals surface area (Å²) in [6, 6.07) is 5.09. The Morgan fingerprint density at radius 1 is 1.31 bits per heavy atom. The maximum atomic E-state index is 11.6. The van der Waals surface area contributed by atoms with Crippen LogP contribution in [0.2, 0.25) is 10.0 Å². The van der Waals surface area contributed by atoms with Crippen molar-refractivity contribution in [1.29, 1.82) is 0 Å². The average Bonchev–Trinajstić information content (AvgIpc) is 2.69. The first-order valence-electron chi connectivity index (χ1n) is 4.77. The van der Waals surface area contributed by atoms with Gasteiger partial charge in [0.05, 0.1) is 22.2 Å². The molecule has 5 heteroatoms. The summed E-state index contributed by atoms with van der Waals surface area (Å²) in [6.45, 7) is 2.06. The molecule has 16 heavy (non-hydrogen) atoms. The van der Waals surface area contributed by atoms with Crippen LogP contribution in [0.3, 0.4) is 0 Å². The second-order valence-electron chi connectivity index (χ2n) is 3.18. The largest absolute Gasteiger partial charge is 0.449 e. The second kappa shape index (κ2) is 4.36. The fourth-order valence-electron chi connectivity index (χ4n) is 1.53. The number of fused-ring (bicyclic) bond motifs is 1. The lowest BCUT2D eigenvalue weighted by Gasteiger charge is -2.05. The molecule has 0 unspecified atom stereocenters. The van der Waals surface area contributed by atoms with Crippen molar-refractivity contribution in [2.24, 2.45) is 0 Å². The summed E-state index contributed by atoms with van der Waals surface area (Å²) < 4.78 is 6.27. The molecule has 1 aromatic heterocycles. The monoisotopic (exact) mass is 257 g/mol. The quantitative estimate of drug-likeness (QED) is 0.775. The molecule has 0 atom stereocenters. The first-order valence-corrected chi connectivity index (χ1v) is 5.53. The first kappa shape index (κ1) is 11.3. The molecule has 0 saturated carbocycles. The maximum absolute atomic E-state index is 11.6. The SMILES string of the molecule is CCOC(=O)n1ccc2c(Cl)ccc(Cl)c21. The summed E-state index contributed by atoms with van der Waals surface area (Å²) in [5.74, 6) is 0. The lowest BCUT2D eigenvalue weighted by Crippen LogP contribution is -2.12. The van der Waals surface area contributed by atoms with Crippen LogP contribution in [0.1, 0.15) is 6.92 Å². The first-order chi connectivity index (χ1) is 7.65. The van der Waals surface area contributed by atoms with E-state index >= 15 is 0 Å². The van der Waals surface area contributed by atoms with Gasteiger partial charge in [0, 0.05) is 11.6 Å². The smallest absolute Gasteiger partial charge is 0.418 e. The van der Waals surface area contributed by atoms with Gasteiger partial charge < -0.3 is 4.74 Å². The van der Waals surface area contributed by atoms with Crippen LogP contribution in [0, 0.1) is 0 Å². The number of aromatic nitrogens is 1. The third-order valence-electron chi connectivity index (χ3n) is 2.21. The number of carbonyl (C=O) groups is 1. The molecule has 0 fully saturated rings. The molecule has 0 radical (unpaired) electrons. The maximum Gasteiger partial charge on any atom is 0.418 e. The molecule has 0 amide bonds. The molecule has 1 aromatic carbocycles. The van der Waals surface area contributed by atoms with Gasteiger partial charge in [0.15, 0.2) is 0 Å². The van der Waals surface area contributed by atoms with Crippen LogP contribution in [0.5, 0.6) is 0 Å². The number of halogens is 2. The summed E-state index contributed by atoms with van der Waals surface area (Å²) in [6.07, 6.45) is 1.14. The summed E-state index contributed by atoms with van der Waals surface area (Å²) in [7, 11) is 0. The standard InChI is InChI=1S/C11H9Cl2NO2/c1-2-16-11(15)14-6-5-7-8(12)3-4-9(13)10(7)14/h3-6H,2H2,1H3. The predicted molar refractivity (Wildman–Crippen MR) is 64.4 cm³/mol. The van der Waals surface area contributed by atoms with Crippen LogP contribution >= 0.6 is 23.2 Å². The Bertz CT molecular complexity index is 548. The highest BCUT2D eigenvalue weighted by Gasteiger charge is 2.13. The van der Waals surface area contributed by atoms with Crippen molar-refractivity contribution in [1.82, 2.24) is 4.57 Å². The summed E-state index contributed by atoms with van der Waals surface area (Å²) in [4.78, 5) is 11.6. The predicted octanol–water partition coefficient (Wildman–Crippen LogP) is 3.95. The number of hydrogen-bond acceptors (Lipinski definition) is 2. The van der Waals surface area contributed by atoms with Crippen molar-refractivity contribution in [3.8, 4) is 0 Å². The van der Waals surface area contributed by atoms with Crippen molar-refractivity contribution in [2.45, 2.75) is 6.92 Å². The molecule has 84 valence electrons. The number of rotatable bonds is 1. The van der Waals surface area contributed by atoms with Crippen LogP contribution < -0.4 is 0 Å². The number of ether oxygens (including phenoxy) is 1. The molecule has 0 bridgehead atoms. The fourth-order valence-corrected chi connectivity index (χ4v) is 2.00. The zero-order valence-corrected chi connectivity index (χ0v) is 10.0. The molecular weight excluding hydrogens is 249 g/mol. The van der Waals surface area contributed by atoms with Gasteiger partial charge in [-0.15, -0.1) is 0 Å². The van der Waals surface area contributed by atoms with Crippen molar-refractivity contribution in [2.75, 3.05) is 6.61 Å². The van der Waals surface area contributed by atoms with Crippen molar-refractivity contribution in [3.63, 3.8) is 0 Å². The molecular formula is C11H9Cl2NO2. The lowest BCUT2D eigenvalue weighted by molar-refractivity contribution is 0.155. The minimum Gasteiger partial charge on any atom is -0.449 e. The van der Waals surface area contributed by atoms with Crippen LogP contribution in [-0.2, 0) is 4.74 Å². The molecule has 0 spiro atoms. The van der Waals surface area contributed by atoms with Crippen LogP contribution in [0.4, 0.5) is 4.79 Å². The molecule has 0 aliphatic heterocycles. The van der Waals surface area contributed by atoms with Crippen LogP contribution in [0.15, 0.2) is 24.4 Å². The minimum absolute atomic E-state index is 0.316. The average molecular weight is 258 g/mol. The number of nitrogens with zero attached hydrogens (tertiary/aromatic N) is 1. The number of hydrogen-bond donors (Lipinski definition) is 0. The van der Waals surface area contributed by atoms with Gasteiger partial charge in [0.2, 0.25) is 0 Å². The van der Waals surface area contributed by atoms with Gasteiger partial charge in [-0.2, -0.15) is 0 Å². The van der Waals surface area contributed by atoms with E-state index in [4.69, 9.17) is 27.9 Å². The van der Waals surface area contributed by atoms with Gasteiger partial charge in [0.25, 0.3) is 0 Å². The number of carbonyl (C=O) groups excluding carboxylic acids is 1. The van der Waals surface area contributed by atoms with Gasteiger partial charge >= 0.3 is 6.09 Å². The molecule has 0 N–H and O–H groups in total. The molecule has 0 aliphatic rings.